The van der Waals surface area contributed by atoms with Crippen LogP contribution in [0.4, 0.5) is 4.39 Å². The molecule has 5 heteroatoms. The number of nitrogens with one attached hydrogen (secondary N) is 2. The van der Waals surface area contributed by atoms with Gasteiger partial charge in [0.25, 0.3) is 0 Å². The lowest BCUT2D eigenvalue weighted by Crippen LogP contribution is -2.32. The fraction of sp³-hybridized carbons (Fsp3) is 0.500. The molecule has 0 unspecified atom stereocenters. The van der Waals surface area contributed by atoms with Gasteiger partial charge >= 0.3 is 0 Å². The molecular formula is C14H20ClFN2O. The predicted molar refractivity (Wildman–Crippen MR) is 75.7 cm³/mol. The van der Waals surface area contributed by atoms with Crippen LogP contribution in [0.1, 0.15) is 24.8 Å². The van der Waals surface area contributed by atoms with Crippen molar-refractivity contribution >= 4 is 18.3 Å². The molecule has 0 bridgehead atoms. The minimum absolute atomic E-state index is 0. The Labute approximate surface area is 119 Å². The summed E-state index contributed by atoms with van der Waals surface area (Å²) in [6, 6.07) is 6.21. The van der Waals surface area contributed by atoms with Crippen LogP contribution in [0.15, 0.2) is 24.3 Å². The highest BCUT2D eigenvalue weighted by Gasteiger charge is 2.16. The maximum atomic E-state index is 12.7. The van der Waals surface area contributed by atoms with E-state index in [9.17, 15) is 9.18 Å². The Kier molecular flexibility index (Phi) is 6.81. The normalized spacial score (nSPS) is 15.6. The van der Waals surface area contributed by atoms with E-state index in [1.165, 1.54) is 12.1 Å². The molecule has 0 atom stereocenters. The summed E-state index contributed by atoms with van der Waals surface area (Å²) in [7, 11) is 0. The molecule has 1 fully saturated rings. The van der Waals surface area contributed by atoms with Crippen molar-refractivity contribution in [1.82, 2.24) is 10.6 Å². The van der Waals surface area contributed by atoms with Gasteiger partial charge in [0, 0.05) is 13.0 Å². The molecular weight excluding hydrogens is 267 g/mol. The van der Waals surface area contributed by atoms with Crippen molar-refractivity contribution < 1.29 is 9.18 Å². The van der Waals surface area contributed by atoms with E-state index in [-0.39, 0.29) is 24.1 Å². The third-order valence-electron chi connectivity index (χ3n) is 3.34. The first kappa shape index (κ1) is 15.9. The van der Waals surface area contributed by atoms with Gasteiger partial charge < -0.3 is 10.6 Å². The van der Waals surface area contributed by atoms with E-state index >= 15 is 0 Å². The van der Waals surface area contributed by atoms with Crippen LogP contribution in [-0.4, -0.2) is 19.0 Å². The highest BCUT2D eigenvalue weighted by atomic mass is 35.5. The van der Waals surface area contributed by atoms with Crippen molar-refractivity contribution in [2.24, 2.45) is 5.92 Å². The van der Waals surface area contributed by atoms with Crippen LogP contribution >= 0.6 is 12.4 Å². The van der Waals surface area contributed by atoms with E-state index in [1.54, 1.807) is 12.1 Å². The Morgan fingerprint density at radius 3 is 2.53 bits per heavy atom. The van der Waals surface area contributed by atoms with Gasteiger partial charge in [-0.25, -0.2) is 4.39 Å². The third-order valence-corrected chi connectivity index (χ3v) is 3.34. The Balaban J connectivity index is 0.00000180. The summed E-state index contributed by atoms with van der Waals surface area (Å²) in [6.07, 6.45) is 2.75. The van der Waals surface area contributed by atoms with Gasteiger partial charge in [-0.15, -0.1) is 12.4 Å². The molecule has 2 rings (SSSR count). The number of carbonyl (C=O) groups is 1. The summed E-state index contributed by atoms with van der Waals surface area (Å²) >= 11 is 0. The molecule has 1 aromatic carbocycles. The molecule has 0 radical (unpaired) electrons. The highest BCUT2D eigenvalue weighted by Crippen LogP contribution is 2.15. The number of hydrogen-bond acceptors (Lipinski definition) is 2. The van der Waals surface area contributed by atoms with Gasteiger partial charge in [-0.2, -0.15) is 0 Å². The zero-order chi connectivity index (χ0) is 12.8. The van der Waals surface area contributed by atoms with Crippen LogP contribution in [0, 0.1) is 11.7 Å². The van der Waals surface area contributed by atoms with E-state index in [2.05, 4.69) is 10.6 Å². The van der Waals surface area contributed by atoms with Crippen molar-refractivity contribution in [2.45, 2.75) is 25.8 Å². The molecule has 1 aromatic rings. The summed E-state index contributed by atoms with van der Waals surface area (Å²) in [5.41, 5.74) is 0.926. The summed E-state index contributed by atoms with van der Waals surface area (Å²) in [5.74, 6) is 0.338. The van der Waals surface area contributed by atoms with Gasteiger partial charge in [0.1, 0.15) is 5.82 Å². The van der Waals surface area contributed by atoms with Gasteiger partial charge in [0.15, 0.2) is 0 Å². The first-order chi connectivity index (χ1) is 8.74. The Hall–Kier alpha value is -1.13. The lowest BCUT2D eigenvalue weighted by Gasteiger charge is -2.21. The topological polar surface area (TPSA) is 41.1 Å². The van der Waals surface area contributed by atoms with Crippen LogP contribution in [0.25, 0.3) is 0 Å². The van der Waals surface area contributed by atoms with Gasteiger partial charge in [-0.1, -0.05) is 12.1 Å². The van der Waals surface area contributed by atoms with E-state index in [1.807, 2.05) is 0 Å². The summed E-state index contributed by atoms with van der Waals surface area (Å²) in [4.78, 5) is 11.7. The Morgan fingerprint density at radius 2 is 1.89 bits per heavy atom. The fourth-order valence-electron chi connectivity index (χ4n) is 2.22. The zero-order valence-corrected chi connectivity index (χ0v) is 11.6. The van der Waals surface area contributed by atoms with Gasteiger partial charge in [0.2, 0.25) is 5.91 Å². The van der Waals surface area contributed by atoms with Gasteiger partial charge in [0.05, 0.1) is 0 Å². The fourth-order valence-corrected chi connectivity index (χ4v) is 2.22. The van der Waals surface area contributed by atoms with E-state index < -0.39 is 0 Å². The Morgan fingerprint density at radius 1 is 1.26 bits per heavy atom. The van der Waals surface area contributed by atoms with Crippen molar-refractivity contribution in [3.05, 3.63) is 35.6 Å². The molecule has 3 nitrogen and oxygen atoms in total. The monoisotopic (exact) mass is 286 g/mol. The third kappa shape index (κ3) is 5.57. The quantitative estimate of drug-likeness (QED) is 0.891. The number of hydrogen-bond donors (Lipinski definition) is 2. The first-order valence-corrected chi connectivity index (χ1v) is 6.46. The number of benzene rings is 1. The van der Waals surface area contributed by atoms with E-state index in [4.69, 9.17) is 0 Å². The lowest BCUT2D eigenvalue weighted by molar-refractivity contribution is -0.122. The van der Waals surface area contributed by atoms with Crippen LogP contribution in [-0.2, 0) is 11.3 Å². The summed E-state index contributed by atoms with van der Waals surface area (Å²) in [5, 5.41) is 6.17. The maximum Gasteiger partial charge on any atom is 0.220 e. The average molecular weight is 287 g/mol. The van der Waals surface area contributed by atoms with Crippen molar-refractivity contribution in [3.8, 4) is 0 Å². The van der Waals surface area contributed by atoms with E-state index in [0.717, 1.165) is 31.5 Å². The number of halogens is 2. The Bertz CT molecular complexity index is 391. The lowest BCUT2D eigenvalue weighted by atomic mass is 9.94. The second-order valence-electron chi connectivity index (χ2n) is 4.80. The van der Waals surface area contributed by atoms with Crippen LogP contribution in [0.2, 0.25) is 0 Å². The van der Waals surface area contributed by atoms with Crippen LogP contribution in [0.3, 0.4) is 0 Å². The van der Waals surface area contributed by atoms with Crippen molar-refractivity contribution in [1.29, 1.82) is 0 Å². The first-order valence-electron chi connectivity index (χ1n) is 6.46. The molecule has 2 N–H and O–H groups in total. The van der Waals surface area contributed by atoms with Gasteiger partial charge in [-0.3, -0.25) is 4.79 Å². The second kappa shape index (κ2) is 8.12. The molecule has 1 amide bonds. The minimum Gasteiger partial charge on any atom is -0.352 e. The largest absolute Gasteiger partial charge is 0.352 e. The minimum atomic E-state index is -0.250. The summed E-state index contributed by atoms with van der Waals surface area (Å²) in [6.45, 7) is 2.50. The molecule has 1 saturated heterocycles. The number of amides is 1. The highest BCUT2D eigenvalue weighted by molar-refractivity contribution is 5.85. The number of carbonyl (C=O) groups excluding carboxylic acids is 1. The zero-order valence-electron chi connectivity index (χ0n) is 10.8. The molecule has 19 heavy (non-hydrogen) atoms. The van der Waals surface area contributed by atoms with E-state index in [0.29, 0.717) is 18.9 Å². The second-order valence-corrected chi connectivity index (χ2v) is 4.80. The maximum absolute atomic E-state index is 12.7. The molecule has 0 aliphatic carbocycles. The molecule has 106 valence electrons. The smallest absolute Gasteiger partial charge is 0.220 e. The van der Waals surface area contributed by atoms with Gasteiger partial charge in [-0.05, 0) is 49.5 Å². The molecule has 1 aliphatic rings. The van der Waals surface area contributed by atoms with Crippen LogP contribution < -0.4 is 10.6 Å². The molecule has 0 spiro atoms. The predicted octanol–water partition coefficient (Wildman–Crippen LogP) is 2.25. The number of piperidine rings is 1. The molecule has 0 aromatic heterocycles. The van der Waals surface area contributed by atoms with Crippen molar-refractivity contribution in [3.63, 3.8) is 0 Å². The molecule has 0 saturated carbocycles. The summed E-state index contributed by atoms with van der Waals surface area (Å²) < 4.78 is 12.7. The molecule has 1 heterocycles. The SMILES string of the molecule is Cl.O=C(CC1CCNCC1)NCc1ccc(F)cc1. The molecule has 1 aliphatic heterocycles. The number of rotatable bonds is 4. The van der Waals surface area contributed by atoms with Crippen molar-refractivity contribution in [2.75, 3.05) is 13.1 Å². The van der Waals surface area contributed by atoms with Crippen LogP contribution in [0.5, 0.6) is 0 Å². The standard InChI is InChI=1S/C14H19FN2O.ClH/c15-13-3-1-12(2-4-13)10-17-14(18)9-11-5-7-16-8-6-11;/h1-4,11,16H,5-10H2,(H,17,18);1H. The average Bonchev–Trinajstić information content (AvgIpc) is 2.39.